The molecule has 2 rings (SSSR count). The number of carbonyl (C=O) groups excluding carboxylic acids is 1. The van der Waals surface area contributed by atoms with Gasteiger partial charge in [0.05, 0.1) is 4.90 Å². The van der Waals surface area contributed by atoms with Crippen LogP contribution >= 0.6 is 0 Å². The number of anilines is 1. The van der Waals surface area contributed by atoms with Gasteiger partial charge >= 0.3 is 0 Å². The van der Waals surface area contributed by atoms with Gasteiger partial charge in [-0.1, -0.05) is 6.07 Å². The molecule has 6 heteroatoms. The molecule has 0 atom stereocenters. The lowest BCUT2D eigenvalue weighted by Crippen LogP contribution is -2.15. The average molecular weight is 318 g/mol. The number of nitrogens with two attached hydrogens (primary N) is 1. The fraction of sp³-hybridized carbons (Fsp3) is 0.188. The standard InChI is InChI=1S/C16H18N2O3S/c1-10-8-12(3)15(9-11(10)2)22(20,21)18-14-6-4-13(5-7-14)16(17)19/h4-9,18H,1-3H3,(H2,17,19). The first-order chi connectivity index (χ1) is 10.2. The van der Waals surface area contributed by atoms with Crippen molar-refractivity contribution in [1.29, 1.82) is 0 Å². The Morgan fingerprint density at radius 2 is 1.50 bits per heavy atom. The van der Waals surface area contributed by atoms with E-state index in [1.807, 2.05) is 19.9 Å². The van der Waals surface area contributed by atoms with Gasteiger partial charge in [0.2, 0.25) is 5.91 Å². The molecule has 1 amide bonds. The molecule has 0 unspecified atom stereocenters. The van der Waals surface area contributed by atoms with E-state index in [1.54, 1.807) is 13.0 Å². The van der Waals surface area contributed by atoms with E-state index in [0.717, 1.165) is 11.1 Å². The molecule has 0 aliphatic rings. The molecule has 0 saturated heterocycles. The number of nitrogens with one attached hydrogen (secondary N) is 1. The van der Waals surface area contributed by atoms with E-state index in [-0.39, 0.29) is 4.90 Å². The summed E-state index contributed by atoms with van der Waals surface area (Å²) in [4.78, 5) is 11.3. The molecule has 3 N–H and O–H groups in total. The number of hydrogen-bond acceptors (Lipinski definition) is 3. The van der Waals surface area contributed by atoms with Crippen LogP contribution < -0.4 is 10.5 Å². The Hall–Kier alpha value is -2.34. The predicted molar refractivity (Wildman–Crippen MR) is 86.4 cm³/mol. The Balaban J connectivity index is 2.35. The van der Waals surface area contributed by atoms with Crippen molar-refractivity contribution in [2.45, 2.75) is 25.7 Å². The summed E-state index contributed by atoms with van der Waals surface area (Å²) in [5.41, 5.74) is 8.50. The predicted octanol–water partition coefficient (Wildman–Crippen LogP) is 2.51. The Kier molecular flexibility index (Phi) is 4.23. The Bertz CT molecular complexity index is 825. The number of hydrogen-bond donors (Lipinski definition) is 2. The molecular weight excluding hydrogens is 300 g/mol. The van der Waals surface area contributed by atoms with Crippen molar-refractivity contribution in [2.75, 3.05) is 4.72 Å². The summed E-state index contributed by atoms with van der Waals surface area (Å²) >= 11 is 0. The highest BCUT2D eigenvalue weighted by atomic mass is 32.2. The summed E-state index contributed by atoms with van der Waals surface area (Å²) in [5, 5.41) is 0. The lowest BCUT2D eigenvalue weighted by atomic mass is 10.1. The molecule has 0 bridgehead atoms. The van der Waals surface area contributed by atoms with Gasteiger partial charge in [-0.25, -0.2) is 8.42 Å². The first kappa shape index (κ1) is 16.0. The van der Waals surface area contributed by atoms with Crippen molar-refractivity contribution in [3.8, 4) is 0 Å². The van der Waals surface area contributed by atoms with Gasteiger partial charge < -0.3 is 5.73 Å². The molecule has 0 aliphatic carbocycles. The number of primary amides is 1. The second-order valence-corrected chi connectivity index (χ2v) is 6.90. The van der Waals surface area contributed by atoms with Crippen LogP contribution in [0.25, 0.3) is 0 Å². The van der Waals surface area contributed by atoms with Gasteiger partial charge in [-0.3, -0.25) is 9.52 Å². The van der Waals surface area contributed by atoms with Gasteiger partial charge in [-0.15, -0.1) is 0 Å². The van der Waals surface area contributed by atoms with E-state index in [2.05, 4.69) is 4.72 Å². The number of benzene rings is 2. The van der Waals surface area contributed by atoms with Crippen molar-refractivity contribution in [3.63, 3.8) is 0 Å². The second kappa shape index (κ2) is 5.81. The minimum absolute atomic E-state index is 0.245. The lowest BCUT2D eigenvalue weighted by molar-refractivity contribution is 0.100. The molecular formula is C16H18N2O3S. The number of sulfonamides is 1. The normalized spacial score (nSPS) is 11.2. The summed E-state index contributed by atoms with van der Waals surface area (Å²) in [6.45, 7) is 5.57. The van der Waals surface area contributed by atoms with Gasteiger partial charge in [-0.05, 0) is 67.8 Å². The van der Waals surface area contributed by atoms with Crippen LogP contribution in [0.3, 0.4) is 0 Å². The molecule has 2 aromatic rings. The Labute approximate surface area is 130 Å². The molecule has 0 radical (unpaired) electrons. The van der Waals surface area contributed by atoms with Crippen LogP contribution in [0.15, 0.2) is 41.3 Å². The van der Waals surface area contributed by atoms with Crippen molar-refractivity contribution in [3.05, 3.63) is 58.7 Å². The third-order valence-corrected chi connectivity index (χ3v) is 5.03. The van der Waals surface area contributed by atoms with E-state index in [0.29, 0.717) is 16.8 Å². The van der Waals surface area contributed by atoms with Crippen molar-refractivity contribution in [2.24, 2.45) is 5.73 Å². The Morgan fingerprint density at radius 1 is 0.955 bits per heavy atom. The zero-order valence-electron chi connectivity index (χ0n) is 12.7. The van der Waals surface area contributed by atoms with Gasteiger partial charge in [-0.2, -0.15) is 0 Å². The van der Waals surface area contributed by atoms with Crippen LogP contribution in [0.4, 0.5) is 5.69 Å². The van der Waals surface area contributed by atoms with E-state index in [4.69, 9.17) is 5.73 Å². The van der Waals surface area contributed by atoms with Gasteiger partial charge in [0.15, 0.2) is 0 Å². The van der Waals surface area contributed by atoms with Crippen molar-refractivity contribution >= 4 is 21.6 Å². The largest absolute Gasteiger partial charge is 0.366 e. The summed E-state index contributed by atoms with van der Waals surface area (Å²) in [7, 11) is -3.68. The summed E-state index contributed by atoms with van der Waals surface area (Å²) in [6, 6.07) is 9.48. The molecule has 0 fully saturated rings. The minimum atomic E-state index is -3.68. The molecule has 0 aromatic heterocycles. The quantitative estimate of drug-likeness (QED) is 0.907. The van der Waals surface area contributed by atoms with E-state index >= 15 is 0 Å². The molecule has 0 saturated carbocycles. The zero-order chi connectivity index (χ0) is 16.5. The minimum Gasteiger partial charge on any atom is -0.366 e. The maximum Gasteiger partial charge on any atom is 0.262 e. The lowest BCUT2D eigenvalue weighted by Gasteiger charge is -2.12. The molecule has 5 nitrogen and oxygen atoms in total. The van der Waals surface area contributed by atoms with E-state index in [9.17, 15) is 13.2 Å². The number of carbonyl (C=O) groups is 1. The maximum absolute atomic E-state index is 12.5. The molecule has 22 heavy (non-hydrogen) atoms. The summed E-state index contributed by atoms with van der Waals surface area (Å²) < 4.78 is 27.5. The van der Waals surface area contributed by atoms with E-state index in [1.165, 1.54) is 24.3 Å². The zero-order valence-corrected chi connectivity index (χ0v) is 13.5. The van der Waals surface area contributed by atoms with Gasteiger partial charge in [0.25, 0.3) is 10.0 Å². The van der Waals surface area contributed by atoms with Crippen LogP contribution in [0, 0.1) is 20.8 Å². The van der Waals surface area contributed by atoms with Crippen LogP contribution in [-0.4, -0.2) is 14.3 Å². The highest BCUT2D eigenvalue weighted by molar-refractivity contribution is 7.92. The fourth-order valence-electron chi connectivity index (χ4n) is 2.14. The van der Waals surface area contributed by atoms with Crippen LogP contribution in [0.1, 0.15) is 27.0 Å². The number of rotatable bonds is 4. The number of amides is 1. The summed E-state index contributed by atoms with van der Waals surface area (Å²) in [5.74, 6) is -0.556. The third-order valence-electron chi connectivity index (χ3n) is 3.50. The van der Waals surface area contributed by atoms with Crippen LogP contribution in [0.5, 0.6) is 0 Å². The molecule has 0 aliphatic heterocycles. The van der Waals surface area contributed by atoms with Crippen LogP contribution in [0.2, 0.25) is 0 Å². The van der Waals surface area contributed by atoms with Crippen LogP contribution in [-0.2, 0) is 10.0 Å². The van der Waals surface area contributed by atoms with Crippen molar-refractivity contribution in [1.82, 2.24) is 0 Å². The smallest absolute Gasteiger partial charge is 0.262 e. The third kappa shape index (κ3) is 3.28. The monoisotopic (exact) mass is 318 g/mol. The number of aryl methyl sites for hydroxylation is 3. The maximum atomic E-state index is 12.5. The van der Waals surface area contributed by atoms with Gasteiger partial charge in [0.1, 0.15) is 0 Å². The molecule has 2 aromatic carbocycles. The first-order valence-corrected chi connectivity index (χ1v) is 8.19. The van der Waals surface area contributed by atoms with Gasteiger partial charge in [0, 0.05) is 11.3 Å². The Morgan fingerprint density at radius 3 is 2.05 bits per heavy atom. The second-order valence-electron chi connectivity index (χ2n) is 5.25. The average Bonchev–Trinajstić information content (AvgIpc) is 2.42. The molecule has 0 heterocycles. The highest BCUT2D eigenvalue weighted by Gasteiger charge is 2.18. The summed E-state index contributed by atoms with van der Waals surface area (Å²) in [6.07, 6.45) is 0. The fourth-order valence-corrected chi connectivity index (χ4v) is 3.51. The first-order valence-electron chi connectivity index (χ1n) is 6.71. The highest BCUT2D eigenvalue weighted by Crippen LogP contribution is 2.23. The van der Waals surface area contributed by atoms with E-state index < -0.39 is 15.9 Å². The molecule has 0 spiro atoms. The van der Waals surface area contributed by atoms with Crippen molar-refractivity contribution < 1.29 is 13.2 Å². The SMILES string of the molecule is Cc1cc(C)c(S(=O)(=O)Nc2ccc(C(N)=O)cc2)cc1C. The topological polar surface area (TPSA) is 89.3 Å². The molecule has 116 valence electrons.